The molecule has 1 aromatic rings. The van der Waals surface area contributed by atoms with E-state index in [0.29, 0.717) is 0 Å². The number of carboxylic acids is 1. The van der Waals surface area contributed by atoms with Crippen molar-refractivity contribution >= 4 is 57.5 Å². The predicted molar refractivity (Wildman–Crippen MR) is 70.7 cm³/mol. The van der Waals surface area contributed by atoms with Crippen LogP contribution in [0, 0.1) is 0 Å². The molecule has 7 nitrogen and oxygen atoms in total. The molecule has 0 spiro atoms. The molecular formula is C9H9Cl2N3O4S. The molecule has 19 heavy (non-hydrogen) atoms. The zero-order chi connectivity index (χ0) is 14.4. The summed E-state index contributed by atoms with van der Waals surface area (Å²) < 4.78 is 0. The van der Waals surface area contributed by atoms with Crippen molar-refractivity contribution in [2.75, 3.05) is 17.7 Å². The van der Waals surface area contributed by atoms with Gasteiger partial charge < -0.3 is 15.7 Å². The number of aromatic nitrogens is 1. The first-order valence-corrected chi connectivity index (χ1v) is 6.74. The average Bonchev–Trinajstić information content (AvgIpc) is 2.83. The summed E-state index contributed by atoms with van der Waals surface area (Å²) in [5.74, 6) is -2.49. The lowest BCUT2D eigenvalue weighted by Crippen LogP contribution is -2.31. The minimum Gasteiger partial charge on any atom is -0.480 e. The van der Waals surface area contributed by atoms with Crippen LogP contribution in [0.1, 0.15) is 11.1 Å². The Balaban J connectivity index is 2.62. The number of rotatable bonds is 6. The molecule has 0 aromatic carbocycles. The summed E-state index contributed by atoms with van der Waals surface area (Å²) in [5, 5.41) is 13.6. The Morgan fingerprint density at radius 1 is 1.47 bits per heavy atom. The van der Waals surface area contributed by atoms with Crippen molar-refractivity contribution in [2.45, 2.75) is 5.38 Å². The van der Waals surface area contributed by atoms with Crippen molar-refractivity contribution in [2.24, 2.45) is 0 Å². The lowest BCUT2D eigenvalue weighted by Gasteiger charge is -2.06. The highest BCUT2D eigenvalue weighted by Crippen LogP contribution is 2.25. The number of hydrogen-bond donors (Lipinski definition) is 3. The third-order valence-electron chi connectivity index (χ3n) is 1.79. The normalized spacial score (nSPS) is 11.7. The van der Waals surface area contributed by atoms with Gasteiger partial charge in [-0.3, -0.25) is 14.4 Å². The molecule has 10 heteroatoms. The molecule has 2 amide bonds. The van der Waals surface area contributed by atoms with Crippen LogP contribution in [0.4, 0.5) is 5.13 Å². The Hall–Kier alpha value is -1.38. The second kappa shape index (κ2) is 7.27. The number of alkyl halides is 2. The van der Waals surface area contributed by atoms with Gasteiger partial charge in [0, 0.05) is 5.38 Å². The summed E-state index contributed by atoms with van der Waals surface area (Å²) in [6.07, 6.45) is 0. The van der Waals surface area contributed by atoms with E-state index in [2.05, 4.69) is 15.6 Å². The van der Waals surface area contributed by atoms with Crippen molar-refractivity contribution in [1.82, 2.24) is 10.3 Å². The quantitative estimate of drug-likeness (QED) is 0.670. The number of hydrogen-bond acceptors (Lipinski definition) is 5. The smallest absolute Gasteiger partial charge is 0.322 e. The molecule has 1 heterocycles. The standard InChI is InChI=1S/C9H9Cl2N3O4S/c10-1-5(15)14-9-13-4(3-19-9)7(11)8(18)12-2-6(16)17/h3,7H,1-2H2,(H,12,18)(H,16,17)(H,13,14,15). The molecule has 1 unspecified atom stereocenters. The van der Waals surface area contributed by atoms with Gasteiger partial charge in [-0.25, -0.2) is 4.98 Å². The van der Waals surface area contributed by atoms with Gasteiger partial charge in [0.25, 0.3) is 0 Å². The van der Waals surface area contributed by atoms with Crippen LogP contribution in [0.25, 0.3) is 0 Å². The van der Waals surface area contributed by atoms with E-state index >= 15 is 0 Å². The van der Waals surface area contributed by atoms with E-state index in [-0.39, 0.29) is 16.7 Å². The summed E-state index contributed by atoms with van der Waals surface area (Å²) >= 11 is 12.2. The van der Waals surface area contributed by atoms with Gasteiger partial charge in [-0.1, -0.05) is 0 Å². The van der Waals surface area contributed by atoms with E-state index < -0.39 is 29.7 Å². The van der Waals surface area contributed by atoms with Gasteiger partial charge in [-0.05, 0) is 0 Å². The summed E-state index contributed by atoms with van der Waals surface area (Å²) in [6.45, 7) is -0.526. The van der Waals surface area contributed by atoms with Gasteiger partial charge in [0.1, 0.15) is 12.4 Å². The minimum absolute atomic E-state index is 0.210. The minimum atomic E-state index is -1.18. The van der Waals surface area contributed by atoms with Gasteiger partial charge in [0.15, 0.2) is 10.5 Å². The summed E-state index contributed by atoms with van der Waals surface area (Å²) in [5.41, 5.74) is 0.222. The molecule has 104 valence electrons. The molecule has 0 aliphatic heterocycles. The first-order chi connectivity index (χ1) is 8.93. The van der Waals surface area contributed by atoms with E-state index in [1.165, 1.54) is 5.38 Å². The van der Waals surface area contributed by atoms with E-state index in [4.69, 9.17) is 28.3 Å². The molecule has 1 atom stereocenters. The monoisotopic (exact) mass is 325 g/mol. The Morgan fingerprint density at radius 2 is 2.16 bits per heavy atom. The summed E-state index contributed by atoms with van der Waals surface area (Å²) in [6, 6.07) is 0. The van der Waals surface area contributed by atoms with E-state index in [1.807, 2.05) is 0 Å². The van der Waals surface area contributed by atoms with Crippen LogP contribution in [0.5, 0.6) is 0 Å². The fraction of sp³-hybridized carbons (Fsp3) is 0.333. The molecule has 0 fully saturated rings. The van der Waals surface area contributed by atoms with Crippen LogP contribution >= 0.6 is 34.5 Å². The van der Waals surface area contributed by atoms with Crippen LogP contribution in [0.2, 0.25) is 0 Å². The average molecular weight is 326 g/mol. The van der Waals surface area contributed by atoms with E-state index in [9.17, 15) is 14.4 Å². The maximum Gasteiger partial charge on any atom is 0.322 e. The van der Waals surface area contributed by atoms with Crippen molar-refractivity contribution in [3.63, 3.8) is 0 Å². The van der Waals surface area contributed by atoms with Crippen LogP contribution in [0.3, 0.4) is 0 Å². The Labute approximate surface area is 121 Å². The molecule has 1 aromatic heterocycles. The Morgan fingerprint density at radius 3 is 2.74 bits per heavy atom. The van der Waals surface area contributed by atoms with Crippen LogP contribution < -0.4 is 10.6 Å². The number of nitrogens with one attached hydrogen (secondary N) is 2. The molecule has 0 radical (unpaired) electrons. The lowest BCUT2D eigenvalue weighted by atomic mass is 10.3. The van der Waals surface area contributed by atoms with Crippen molar-refractivity contribution in [1.29, 1.82) is 0 Å². The number of carbonyl (C=O) groups is 3. The molecule has 0 bridgehead atoms. The third kappa shape index (κ3) is 5.01. The number of thiazole rings is 1. The molecule has 0 saturated carbocycles. The number of amides is 2. The first kappa shape index (κ1) is 15.7. The zero-order valence-corrected chi connectivity index (χ0v) is 11.7. The van der Waals surface area contributed by atoms with Crippen LogP contribution in [-0.2, 0) is 14.4 Å². The van der Waals surface area contributed by atoms with Gasteiger partial charge in [0.2, 0.25) is 11.8 Å². The van der Waals surface area contributed by atoms with E-state index in [0.717, 1.165) is 11.3 Å². The molecule has 0 aliphatic carbocycles. The number of carbonyl (C=O) groups excluding carboxylic acids is 2. The largest absolute Gasteiger partial charge is 0.480 e. The topological polar surface area (TPSA) is 108 Å². The zero-order valence-electron chi connectivity index (χ0n) is 9.35. The Kier molecular flexibility index (Phi) is 6.00. The van der Waals surface area contributed by atoms with Gasteiger partial charge >= 0.3 is 5.97 Å². The van der Waals surface area contributed by atoms with E-state index in [1.54, 1.807) is 0 Å². The highest BCUT2D eigenvalue weighted by Gasteiger charge is 2.21. The number of nitrogens with zero attached hydrogens (tertiary/aromatic N) is 1. The number of anilines is 1. The first-order valence-electron chi connectivity index (χ1n) is 4.89. The molecule has 0 saturated heterocycles. The van der Waals surface area contributed by atoms with Crippen LogP contribution in [0.15, 0.2) is 5.38 Å². The summed E-state index contributed by atoms with van der Waals surface area (Å²) in [7, 11) is 0. The van der Waals surface area contributed by atoms with Crippen LogP contribution in [-0.4, -0.2) is 40.3 Å². The molecule has 1 rings (SSSR count). The van der Waals surface area contributed by atoms with Crippen molar-refractivity contribution < 1.29 is 19.5 Å². The predicted octanol–water partition coefficient (Wildman–Crippen LogP) is 0.801. The maximum atomic E-state index is 11.5. The number of carboxylic acid groups (broad SMARTS) is 1. The second-order valence-electron chi connectivity index (χ2n) is 3.23. The highest BCUT2D eigenvalue weighted by molar-refractivity contribution is 7.14. The van der Waals surface area contributed by atoms with Gasteiger partial charge in [-0.2, -0.15) is 0 Å². The molecular weight excluding hydrogens is 317 g/mol. The third-order valence-corrected chi connectivity index (χ3v) is 3.23. The number of halogens is 2. The SMILES string of the molecule is O=C(O)CNC(=O)C(Cl)c1csc(NC(=O)CCl)n1. The lowest BCUT2D eigenvalue weighted by molar-refractivity contribution is -0.137. The second-order valence-corrected chi connectivity index (χ2v) is 4.80. The number of aliphatic carboxylic acids is 1. The van der Waals surface area contributed by atoms with Gasteiger partial charge in [0.05, 0.1) is 5.69 Å². The van der Waals surface area contributed by atoms with Gasteiger partial charge in [-0.15, -0.1) is 34.5 Å². The highest BCUT2D eigenvalue weighted by atomic mass is 35.5. The maximum absolute atomic E-state index is 11.5. The fourth-order valence-electron chi connectivity index (χ4n) is 0.999. The van der Waals surface area contributed by atoms with Crippen molar-refractivity contribution in [3.8, 4) is 0 Å². The Bertz CT molecular complexity index is 494. The fourth-order valence-corrected chi connectivity index (χ4v) is 2.08. The molecule has 3 N–H and O–H groups in total. The summed E-state index contributed by atoms with van der Waals surface area (Å²) in [4.78, 5) is 36.7. The molecule has 0 aliphatic rings. The van der Waals surface area contributed by atoms with Crippen molar-refractivity contribution in [3.05, 3.63) is 11.1 Å².